The van der Waals surface area contributed by atoms with Crippen molar-refractivity contribution in [3.63, 3.8) is 0 Å². The number of aromatic nitrogens is 2. The van der Waals surface area contributed by atoms with E-state index in [9.17, 15) is 4.39 Å². The molecule has 0 atom stereocenters. The maximum absolute atomic E-state index is 12.5. The van der Waals surface area contributed by atoms with Gasteiger partial charge in [-0.3, -0.25) is 0 Å². The number of hydrogen-bond donors (Lipinski definition) is 1. The average molecular weight is 197 g/mol. The minimum Gasteiger partial charge on any atom is -0.354 e. The zero-order valence-corrected chi connectivity index (χ0v) is 8.63. The van der Waals surface area contributed by atoms with Gasteiger partial charge in [-0.1, -0.05) is 26.7 Å². The van der Waals surface area contributed by atoms with Crippen molar-refractivity contribution in [2.75, 3.05) is 11.9 Å². The lowest BCUT2D eigenvalue weighted by molar-refractivity contribution is 0.517. The number of hydrogen-bond acceptors (Lipinski definition) is 3. The van der Waals surface area contributed by atoms with Crippen molar-refractivity contribution in [1.29, 1.82) is 0 Å². The first-order valence-corrected chi connectivity index (χ1v) is 4.97. The molecule has 0 aliphatic rings. The highest BCUT2D eigenvalue weighted by atomic mass is 19.1. The fourth-order valence-corrected chi connectivity index (χ4v) is 1.22. The topological polar surface area (TPSA) is 37.8 Å². The highest BCUT2D eigenvalue weighted by Crippen LogP contribution is 2.08. The molecule has 1 N–H and O–H groups in total. The van der Waals surface area contributed by atoms with Crippen molar-refractivity contribution >= 4 is 5.95 Å². The Morgan fingerprint density at radius 3 is 2.36 bits per heavy atom. The largest absolute Gasteiger partial charge is 0.354 e. The molecule has 1 heterocycles. The molecule has 1 aromatic rings. The molecule has 0 amide bonds. The summed E-state index contributed by atoms with van der Waals surface area (Å²) >= 11 is 0. The van der Waals surface area contributed by atoms with E-state index in [0.717, 1.165) is 19.4 Å². The van der Waals surface area contributed by atoms with E-state index < -0.39 is 5.82 Å². The monoisotopic (exact) mass is 197 g/mol. The summed E-state index contributed by atoms with van der Waals surface area (Å²) in [5, 5.41) is 3.08. The van der Waals surface area contributed by atoms with Gasteiger partial charge >= 0.3 is 0 Å². The highest BCUT2D eigenvalue weighted by molar-refractivity contribution is 5.22. The Morgan fingerprint density at radius 2 is 1.86 bits per heavy atom. The van der Waals surface area contributed by atoms with Crippen LogP contribution in [-0.2, 0) is 0 Å². The summed E-state index contributed by atoms with van der Waals surface area (Å²) in [6.45, 7) is 5.15. The Hall–Kier alpha value is -1.19. The van der Waals surface area contributed by atoms with Gasteiger partial charge in [0.1, 0.15) is 0 Å². The van der Waals surface area contributed by atoms with Gasteiger partial charge in [-0.15, -0.1) is 0 Å². The first kappa shape index (κ1) is 10.9. The SMILES string of the molecule is CCC(CC)CNc1ncc(F)cn1. The molecule has 0 aliphatic heterocycles. The van der Waals surface area contributed by atoms with E-state index >= 15 is 0 Å². The van der Waals surface area contributed by atoms with Crippen LogP contribution in [0.5, 0.6) is 0 Å². The molecule has 4 heteroatoms. The van der Waals surface area contributed by atoms with E-state index in [1.54, 1.807) is 0 Å². The predicted octanol–water partition coefficient (Wildman–Crippen LogP) is 2.46. The second kappa shape index (κ2) is 5.52. The normalized spacial score (nSPS) is 10.6. The van der Waals surface area contributed by atoms with Gasteiger partial charge in [0.05, 0.1) is 12.4 Å². The molecule has 0 aliphatic carbocycles. The Balaban J connectivity index is 2.41. The van der Waals surface area contributed by atoms with Crippen molar-refractivity contribution in [2.45, 2.75) is 26.7 Å². The fraction of sp³-hybridized carbons (Fsp3) is 0.600. The number of nitrogens with one attached hydrogen (secondary N) is 1. The minimum absolute atomic E-state index is 0.405. The van der Waals surface area contributed by atoms with E-state index in [2.05, 4.69) is 29.1 Å². The molecule has 1 aromatic heterocycles. The standard InChI is InChI=1S/C10H16FN3/c1-3-8(4-2)5-12-10-13-6-9(11)7-14-10/h6-8H,3-5H2,1-2H3,(H,12,13,14). The quantitative estimate of drug-likeness (QED) is 0.788. The number of rotatable bonds is 5. The minimum atomic E-state index is -0.405. The molecule has 0 fully saturated rings. The summed E-state index contributed by atoms with van der Waals surface area (Å²) in [6.07, 6.45) is 4.60. The Labute approximate surface area is 83.8 Å². The van der Waals surface area contributed by atoms with Gasteiger partial charge < -0.3 is 5.32 Å². The lowest BCUT2D eigenvalue weighted by Crippen LogP contribution is -2.14. The summed E-state index contributed by atoms with van der Waals surface area (Å²) in [5.74, 6) is 0.722. The van der Waals surface area contributed by atoms with E-state index in [1.807, 2.05) is 0 Å². The van der Waals surface area contributed by atoms with Crippen LogP contribution >= 0.6 is 0 Å². The highest BCUT2D eigenvalue weighted by Gasteiger charge is 2.03. The summed E-state index contributed by atoms with van der Waals surface area (Å²) in [5.41, 5.74) is 0. The van der Waals surface area contributed by atoms with Crippen LogP contribution in [0, 0.1) is 11.7 Å². The third-order valence-electron chi connectivity index (χ3n) is 2.32. The van der Waals surface area contributed by atoms with Crippen LogP contribution < -0.4 is 5.32 Å². The molecule has 0 aromatic carbocycles. The molecule has 0 radical (unpaired) electrons. The second-order valence-corrected chi connectivity index (χ2v) is 3.29. The van der Waals surface area contributed by atoms with Crippen LogP contribution in [0.3, 0.4) is 0 Å². The second-order valence-electron chi connectivity index (χ2n) is 3.29. The van der Waals surface area contributed by atoms with Gasteiger partial charge in [-0.2, -0.15) is 0 Å². The summed E-state index contributed by atoms with van der Waals surface area (Å²) in [6, 6.07) is 0. The van der Waals surface area contributed by atoms with E-state index in [4.69, 9.17) is 0 Å². The van der Waals surface area contributed by atoms with Gasteiger partial charge in [-0.05, 0) is 5.92 Å². The number of anilines is 1. The van der Waals surface area contributed by atoms with Crippen LogP contribution in [0.1, 0.15) is 26.7 Å². The number of halogens is 1. The summed E-state index contributed by atoms with van der Waals surface area (Å²) in [7, 11) is 0. The van der Waals surface area contributed by atoms with Crippen LogP contribution in [0.15, 0.2) is 12.4 Å². The van der Waals surface area contributed by atoms with Gasteiger partial charge in [0.25, 0.3) is 0 Å². The molecule has 0 unspecified atom stereocenters. The molecule has 0 saturated heterocycles. The molecule has 1 rings (SSSR count). The smallest absolute Gasteiger partial charge is 0.222 e. The maximum Gasteiger partial charge on any atom is 0.222 e. The molecule has 78 valence electrons. The van der Waals surface area contributed by atoms with Crippen molar-refractivity contribution in [3.8, 4) is 0 Å². The third-order valence-corrected chi connectivity index (χ3v) is 2.32. The van der Waals surface area contributed by atoms with Crippen molar-refractivity contribution in [3.05, 3.63) is 18.2 Å². The van der Waals surface area contributed by atoms with Gasteiger partial charge in [0.2, 0.25) is 5.95 Å². The molecule has 0 spiro atoms. The first-order chi connectivity index (χ1) is 6.76. The van der Waals surface area contributed by atoms with E-state index in [1.165, 1.54) is 12.4 Å². The molecular weight excluding hydrogens is 181 g/mol. The zero-order valence-electron chi connectivity index (χ0n) is 8.63. The lowest BCUT2D eigenvalue weighted by atomic mass is 10.0. The molecular formula is C10H16FN3. The van der Waals surface area contributed by atoms with Crippen LogP contribution in [0.25, 0.3) is 0 Å². The first-order valence-electron chi connectivity index (χ1n) is 4.97. The Bertz CT molecular complexity index is 257. The molecule has 0 saturated carbocycles. The van der Waals surface area contributed by atoms with Gasteiger partial charge in [0, 0.05) is 6.54 Å². The molecule has 14 heavy (non-hydrogen) atoms. The molecule has 3 nitrogen and oxygen atoms in total. The molecule has 0 bridgehead atoms. The fourth-order valence-electron chi connectivity index (χ4n) is 1.22. The van der Waals surface area contributed by atoms with Crippen LogP contribution in [0.2, 0.25) is 0 Å². The van der Waals surface area contributed by atoms with Gasteiger partial charge in [-0.25, -0.2) is 14.4 Å². The van der Waals surface area contributed by atoms with E-state index in [-0.39, 0.29) is 0 Å². The Morgan fingerprint density at radius 1 is 1.29 bits per heavy atom. The van der Waals surface area contributed by atoms with Crippen LogP contribution in [0.4, 0.5) is 10.3 Å². The van der Waals surface area contributed by atoms with Crippen molar-refractivity contribution in [1.82, 2.24) is 9.97 Å². The Kier molecular flexibility index (Phi) is 4.29. The third kappa shape index (κ3) is 3.28. The van der Waals surface area contributed by atoms with E-state index in [0.29, 0.717) is 11.9 Å². The zero-order chi connectivity index (χ0) is 10.4. The maximum atomic E-state index is 12.5. The lowest BCUT2D eigenvalue weighted by Gasteiger charge is -2.12. The van der Waals surface area contributed by atoms with Gasteiger partial charge in [0.15, 0.2) is 5.82 Å². The van der Waals surface area contributed by atoms with Crippen molar-refractivity contribution in [2.24, 2.45) is 5.92 Å². The predicted molar refractivity (Wildman–Crippen MR) is 54.6 cm³/mol. The summed E-state index contributed by atoms with van der Waals surface area (Å²) in [4.78, 5) is 7.64. The number of nitrogens with zero attached hydrogens (tertiary/aromatic N) is 2. The average Bonchev–Trinajstić information content (AvgIpc) is 2.22. The van der Waals surface area contributed by atoms with Crippen LogP contribution in [-0.4, -0.2) is 16.5 Å². The summed E-state index contributed by atoms with van der Waals surface area (Å²) < 4.78 is 12.5. The van der Waals surface area contributed by atoms with Crippen molar-refractivity contribution < 1.29 is 4.39 Å².